The molecule has 2 aliphatic heterocycles. The van der Waals surface area contributed by atoms with E-state index in [1.54, 1.807) is 15.9 Å². The van der Waals surface area contributed by atoms with Gasteiger partial charge < -0.3 is 30.2 Å². The van der Waals surface area contributed by atoms with Crippen LogP contribution in [0.1, 0.15) is 28.8 Å². The lowest BCUT2D eigenvalue weighted by Gasteiger charge is -2.28. The lowest BCUT2D eigenvalue weighted by atomic mass is 9.97. The van der Waals surface area contributed by atoms with Gasteiger partial charge in [-0.15, -0.1) is 0 Å². The summed E-state index contributed by atoms with van der Waals surface area (Å²) in [4.78, 5) is 57.5. The van der Waals surface area contributed by atoms with E-state index in [1.807, 2.05) is 76.7 Å². The number of amides is 4. The molecule has 0 saturated carbocycles. The summed E-state index contributed by atoms with van der Waals surface area (Å²) in [6.07, 6.45) is 0.601. The van der Waals surface area contributed by atoms with Crippen molar-refractivity contribution in [3.63, 3.8) is 0 Å². The minimum Gasteiger partial charge on any atom is -0.388 e. The first-order valence-electron chi connectivity index (χ1n) is 13.9. The summed E-state index contributed by atoms with van der Waals surface area (Å²) < 4.78 is 0.398. The number of hydrogen-bond donors (Lipinski definition) is 3. The van der Waals surface area contributed by atoms with E-state index >= 15 is 0 Å². The molecule has 10 nitrogen and oxygen atoms in total. The summed E-state index contributed by atoms with van der Waals surface area (Å²) in [6, 6.07) is 15.8. The molecule has 3 aromatic carbocycles. The summed E-state index contributed by atoms with van der Waals surface area (Å²) in [5.74, 6) is -0.957. The fraction of sp³-hybridized carbons (Fsp3) is 0.355. The van der Waals surface area contributed by atoms with Crippen LogP contribution in [0, 0.1) is 0 Å². The molecule has 214 valence electrons. The highest BCUT2D eigenvalue weighted by atomic mass is 16.2. The van der Waals surface area contributed by atoms with E-state index < -0.39 is 6.04 Å². The number of rotatable bonds is 4. The van der Waals surface area contributed by atoms with Crippen LogP contribution in [0.5, 0.6) is 0 Å². The largest absolute Gasteiger partial charge is 0.388 e. The molecule has 4 amide bonds. The number of carbonyl (C=O) groups excluding carboxylic acids is 4. The maximum absolute atomic E-state index is 14.3. The number of hydrogen-bond acceptors (Lipinski definition) is 5. The second kappa shape index (κ2) is 11.2. The monoisotopic (exact) mass is 557 g/mol. The molecule has 0 spiro atoms. The Bertz CT molecular complexity index is 1530. The average molecular weight is 558 g/mol. The van der Waals surface area contributed by atoms with Gasteiger partial charge in [-0.05, 0) is 41.5 Å². The lowest BCUT2D eigenvalue weighted by molar-refractivity contribution is -0.862. The van der Waals surface area contributed by atoms with E-state index in [4.69, 9.17) is 0 Å². The highest BCUT2D eigenvalue weighted by Crippen LogP contribution is 2.37. The Morgan fingerprint density at radius 1 is 0.951 bits per heavy atom. The Kier molecular flexibility index (Phi) is 7.68. The van der Waals surface area contributed by atoms with Gasteiger partial charge in [0.05, 0.1) is 45.6 Å². The van der Waals surface area contributed by atoms with Gasteiger partial charge in [-0.25, -0.2) is 0 Å². The number of likely N-dealkylation sites (N-methyl/N-ethyl adjacent to an activating group) is 1. The van der Waals surface area contributed by atoms with Crippen LogP contribution in [0.3, 0.4) is 0 Å². The predicted octanol–water partition coefficient (Wildman–Crippen LogP) is 2.48. The summed E-state index contributed by atoms with van der Waals surface area (Å²) in [7, 11) is 7.53. The molecular formula is C31H37N6O4+. The van der Waals surface area contributed by atoms with Gasteiger partial charge in [0, 0.05) is 36.8 Å². The summed E-state index contributed by atoms with van der Waals surface area (Å²) in [5, 5.41) is 10.7. The Morgan fingerprint density at radius 2 is 1.68 bits per heavy atom. The highest BCUT2D eigenvalue weighted by Gasteiger charge is 2.37. The predicted molar refractivity (Wildman–Crippen MR) is 160 cm³/mol. The number of nitrogens with zero attached hydrogens (tertiary/aromatic N) is 3. The SMILES string of the molecule is CNc1ccc2c3cccc2c1CN1C(=O)C(NC(=O)C[N+](C)(C)C)CN(C(=O)CCCNC3=O)c2ccccc21. The molecule has 0 aliphatic carbocycles. The van der Waals surface area contributed by atoms with E-state index in [-0.39, 0.29) is 49.7 Å². The first kappa shape index (κ1) is 28.1. The third-order valence-electron chi connectivity index (χ3n) is 7.50. The topological polar surface area (TPSA) is 111 Å². The zero-order valence-corrected chi connectivity index (χ0v) is 24.0. The molecule has 1 atom stereocenters. The number of carbonyl (C=O) groups is 4. The van der Waals surface area contributed by atoms with E-state index in [2.05, 4.69) is 16.0 Å². The molecule has 3 aromatic rings. The second-order valence-electron chi connectivity index (χ2n) is 11.6. The van der Waals surface area contributed by atoms with Crippen molar-refractivity contribution in [3.8, 4) is 0 Å². The van der Waals surface area contributed by atoms with Crippen LogP contribution >= 0.6 is 0 Å². The average Bonchev–Trinajstić information content (AvgIpc) is 3.04. The van der Waals surface area contributed by atoms with E-state index in [9.17, 15) is 19.2 Å². The molecule has 0 radical (unpaired) electrons. The molecular weight excluding hydrogens is 520 g/mol. The van der Waals surface area contributed by atoms with Crippen LogP contribution in [0.15, 0.2) is 54.6 Å². The zero-order valence-electron chi connectivity index (χ0n) is 24.0. The minimum absolute atomic E-state index is 0.0129. The fourth-order valence-corrected chi connectivity index (χ4v) is 5.62. The molecule has 10 heteroatoms. The van der Waals surface area contributed by atoms with Gasteiger partial charge >= 0.3 is 0 Å². The Labute approximate surface area is 239 Å². The summed E-state index contributed by atoms with van der Waals surface area (Å²) in [5.41, 5.74) is 3.37. The Balaban J connectivity index is 1.70. The van der Waals surface area contributed by atoms with Crippen LogP contribution < -0.4 is 25.8 Å². The molecule has 1 unspecified atom stereocenters. The smallest absolute Gasteiger partial charge is 0.275 e. The molecule has 41 heavy (non-hydrogen) atoms. The van der Waals surface area contributed by atoms with Crippen LogP contribution in [0.2, 0.25) is 0 Å². The van der Waals surface area contributed by atoms with Gasteiger partial charge in [0.25, 0.3) is 17.7 Å². The quantitative estimate of drug-likeness (QED) is 0.427. The van der Waals surface area contributed by atoms with Gasteiger partial charge in [0.2, 0.25) is 5.91 Å². The molecule has 3 N–H and O–H groups in total. The van der Waals surface area contributed by atoms with Crippen molar-refractivity contribution >= 4 is 51.5 Å². The van der Waals surface area contributed by atoms with Crippen molar-refractivity contribution < 1.29 is 23.7 Å². The number of anilines is 3. The molecule has 0 aromatic heterocycles. The molecule has 0 saturated heterocycles. The van der Waals surface area contributed by atoms with Crippen LogP contribution in [-0.2, 0) is 20.9 Å². The van der Waals surface area contributed by atoms with Crippen molar-refractivity contribution in [2.45, 2.75) is 25.4 Å². The highest BCUT2D eigenvalue weighted by molar-refractivity contribution is 6.11. The first-order chi connectivity index (χ1) is 19.6. The van der Waals surface area contributed by atoms with Crippen molar-refractivity contribution in [3.05, 3.63) is 65.7 Å². The van der Waals surface area contributed by atoms with E-state index in [0.29, 0.717) is 34.4 Å². The van der Waals surface area contributed by atoms with Gasteiger partial charge in [0.1, 0.15) is 6.04 Å². The summed E-state index contributed by atoms with van der Waals surface area (Å²) >= 11 is 0. The van der Waals surface area contributed by atoms with E-state index in [1.165, 1.54) is 0 Å². The van der Waals surface area contributed by atoms with Gasteiger partial charge in [0.15, 0.2) is 6.54 Å². The van der Waals surface area contributed by atoms with Crippen LogP contribution in [0.4, 0.5) is 17.1 Å². The third kappa shape index (κ3) is 5.74. The number of nitrogens with one attached hydrogen (secondary N) is 3. The molecule has 2 heterocycles. The van der Waals surface area contributed by atoms with Crippen molar-refractivity contribution in [2.24, 2.45) is 0 Å². The Hall–Kier alpha value is -4.44. The fourth-order valence-electron chi connectivity index (χ4n) is 5.62. The number of benzene rings is 3. The minimum atomic E-state index is -0.943. The van der Waals surface area contributed by atoms with Crippen LogP contribution in [-0.4, -0.2) is 82.0 Å². The maximum atomic E-state index is 14.3. The molecule has 0 fully saturated rings. The number of quaternary nitrogens is 1. The van der Waals surface area contributed by atoms with Gasteiger partial charge in [-0.1, -0.05) is 30.3 Å². The number of para-hydroxylation sites is 2. The van der Waals surface area contributed by atoms with Crippen molar-refractivity contribution in [2.75, 3.05) is 62.9 Å². The Morgan fingerprint density at radius 3 is 2.39 bits per heavy atom. The molecule has 5 rings (SSSR count). The summed E-state index contributed by atoms with van der Waals surface area (Å²) in [6.45, 7) is 0.685. The maximum Gasteiger partial charge on any atom is 0.275 e. The zero-order chi connectivity index (χ0) is 29.3. The first-order valence-corrected chi connectivity index (χ1v) is 13.9. The van der Waals surface area contributed by atoms with Crippen molar-refractivity contribution in [1.82, 2.24) is 10.6 Å². The normalized spacial score (nSPS) is 18.0. The lowest BCUT2D eigenvalue weighted by Crippen LogP contribution is -2.55. The van der Waals surface area contributed by atoms with E-state index in [0.717, 1.165) is 22.0 Å². The standard InChI is InChI=1S/C31H36N6O4/c1-32-24-15-14-21-20-9-7-10-22(21)30(40)33-16-8-13-29(39)35-18-25(34-28(38)19-37(2,3)4)31(41)36(17-23(20)24)27-12-6-5-11-26(27)35/h5-7,9-12,14-15,25,32H,8,13,16-19H2,1-4H3,(H-,33,34,38,40)/p+1. The molecule has 6 bridgehead atoms. The van der Waals surface area contributed by atoms with Gasteiger partial charge in [-0.3, -0.25) is 19.2 Å². The molecule has 2 aliphatic rings. The van der Waals surface area contributed by atoms with Gasteiger partial charge in [-0.2, -0.15) is 0 Å². The second-order valence-corrected chi connectivity index (χ2v) is 11.6. The third-order valence-corrected chi connectivity index (χ3v) is 7.50. The van der Waals surface area contributed by atoms with Crippen LogP contribution in [0.25, 0.3) is 10.8 Å². The van der Waals surface area contributed by atoms with Crippen molar-refractivity contribution in [1.29, 1.82) is 0 Å².